The second kappa shape index (κ2) is 4.57. The van der Waals surface area contributed by atoms with Gasteiger partial charge in [0.2, 0.25) is 5.91 Å². The first-order chi connectivity index (χ1) is 8.06. The molecule has 17 heavy (non-hydrogen) atoms. The zero-order chi connectivity index (χ0) is 12.4. The Labute approximate surface area is 99.6 Å². The zero-order valence-corrected chi connectivity index (χ0v) is 9.69. The number of hydrogen-bond donors (Lipinski definition) is 2. The zero-order valence-electron chi connectivity index (χ0n) is 9.69. The Morgan fingerprint density at radius 2 is 2.12 bits per heavy atom. The molecule has 90 valence electrons. The fourth-order valence-corrected chi connectivity index (χ4v) is 1.72. The van der Waals surface area contributed by atoms with Gasteiger partial charge in [0.15, 0.2) is 0 Å². The van der Waals surface area contributed by atoms with Crippen molar-refractivity contribution in [2.45, 2.75) is 26.2 Å². The Kier molecular flexibility index (Phi) is 3.13. The molecule has 0 atom stereocenters. The van der Waals surface area contributed by atoms with E-state index in [9.17, 15) is 9.59 Å². The van der Waals surface area contributed by atoms with Crippen LogP contribution in [0, 0.1) is 12.8 Å². The van der Waals surface area contributed by atoms with E-state index in [2.05, 4.69) is 5.32 Å². The van der Waals surface area contributed by atoms with Crippen molar-refractivity contribution in [3.05, 3.63) is 29.3 Å². The van der Waals surface area contributed by atoms with Gasteiger partial charge in [-0.1, -0.05) is 0 Å². The maximum absolute atomic E-state index is 11.6. The number of aromatic carboxylic acids is 1. The fourth-order valence-electron chi connectivity index (χ4n) is 1.72. The van der Waals surface area contributed by atoms with Crippen LogP contribution in [-0.4, -0.2) is 17.0 Å². The first-order valence-corrected chi connectivity index (χ1v) is 5.70. The molecule has 0 spiro atoms. The molecule has 1 fully saturated rings. The number of carboxylic acids is 1. The molecular weight excluding hydrogens is 218 g/mol. The van der Waals surface area contributed by atoms with Crippen LogP contribution in [0.3, 0.4) is 0 Å². The molecule has 0 saturated heterocycles. The highest BCUT2D eigenvalue weighted by Gasteiger charge is 2.24. The Balaban J connectivity index is 2.04. The average Bonchev–Trinajstić information content (AvgIpc) is 3.04. The van der Waals surface area contributed by atoms with Crippen molar-refractivity contribution in [3.8, 4) is 0 Å². The number of carbonyl (C=O) groups is 2. The molecule has 1 aromatic rings. The van der Waals surface area contributed by atoms with Crippen molar-refractivity contribution in [1.29, 1.82) is 0 Å². The number of carboxylic acid groups (broad SMARTS) is 1. The van der Waals surface area contributed by atoms with Crippen molar-refractivity contribution < 1.29 is 14.7 Å². The molecule has 1 aliphatic rings. The molecule has 0 aromatic heterocycles. The van der Waals surface area contributed by atoms with E-state index in [-0.39, 0.29) is 11.5 Å². The molecule has 4 heteroatoms. The van der Waals surface area contributed by atoms with Gasteiger partial charge < -0.3 is 10.4 Å². The second-order valence-corrected chi connectivity index (χ2v) is 4.53. The summed E-state index contributed by atoms with van der Waals surface area (Å²) in [5.41, 5.74) is 1.71. The molecule has 1 aromatic carbocycles. The van der Waals surface area contributed by atoms with E-state index >= 15 is 0 Å². The van der Waals surface area contributed by atoms with Gasteiger partial charge in [-0.3, -0.25) is 4.79 Å². The number of anilines is 1. The normalized spacial score (nSPS) is 14.4. The highest BCUT2D eigenvalue weighted by Crippen LogP contribution is 2.32. The Hall–Kier alpha value is -1.84. The first kappa shape index (κ1) is 11.6. The Morgan fingerprint density at radius 1 is 1.41 bits per heavy atom. The van der Waals surface area contributed by atoms with Crippen molar-refractivity contribution in [1.82, 2.24) is 0 Å². The van der Waals surface area contributed by atoms with Gasteiger partial charge in [-0.15, -0.1) is 0 Å². The molecule has 0 heterocycles. The van der Waals surface area contributed by atoms with Crippen LogP contribution >= 0.6 is 0 Å². The van der Waals surface area contributed by atoms with E-state index in [1.807, 2.05) is 0 Å². The fraction of sp³-hybridized carbons (Fsp3) is 0.385. The number of aryl methyl sites for hydroxylation is 1. The summed E-state index contributed by atoms with van der Waals surface area (Å²) in [7, 11) is 0. The predicted octanol–water partition coefficient (Wildman–Crippen LogP) is 2.43. The van der Waals surface area contributed by atoms with E-state index in [4.69, 9.17) is 5.11 Å². The van der Waals surface area contributed by atoms with E-state index in [1.54, 1.807) is 19.1 Å². The van der Waals surface area contributed by atoms with Crippen LogP contribution in [-0.2, 0) is 4.79 Å². The summed E-state index contributed by atoms with van der Waals surface area (Å²) in [5.74, 6) is -0.392. The van der Waals surface area contributed by atoms with E-state index in [0.29, 0.717) is 18.0 Å². The number of amides is 1. The molecule has 0 bridgehead atoms. The number of rotatable bonds is 4. The Bertz CT molecular complexity index is 464. The maximum atomic E-state index is 11.6. The summed E-state index contributed by atoms with van der Waals surface area (Å²) in [4.78, 5) is 22.4. The minimum absolute atomic E-state index is 0.0127. The molecule has 1 amide bonds. The number of hydrogen-bond acceptors (Lipinski definition) is 2. The Morgan fingerprint density at radius 3 is 2.65 bits per heavy atom. The summed E-state index contributed by atoms with van der Waals surface area (Å²) in [6.45, 7) is 1.79. The van der Waals surface area contributed by atoms with Crippen molar-refractivity contribution in [2.24, 2.45) is 5.92 Å². The lowest BCUT2D eigenvalue weighted by Gasteiger charge is -2.08. The first-order valence-electron chi connectivity index (χ1n) is 5.70. The average molecular weight is 233 g/mol. The molecule has 0 radical (unpaired) electrons. The molecule has 0 aliphatic heterocycles. The highest BCUT2D eigenvalue weighted by molar-refractivity contribution is 5.93. The maximum Gasteiger partial charge on any atom is 0.335 e. The van der Waals surface area contributed by atoms with E-state index < -0.39 is 5.97 Å². The third-order valence-electron chi connectivity index (χ3n) is 2.92. The molecule has 1 aliphatic carbocycles. The second-order valence-electron chi connectivity index (χ2n) is 4.53. The van der Waals surface area contributed by atoms with Gasteiger partial charge in [0, 0.05) is 12.1 Å². The van der Waals surface area contributed by atoms with Gasteiger partial charge in [0.25, 0.3) is 0 Å². The van der Waals surface area contributed by atoms with Crippen LogP contribution < -0.4 is 5.32 Å². The molecular formula is C13H15NO3. The van der Waals surface area contributed by atoms with Gasteiger partial charge in [-0.2, -0.15) is 0 Å². The van der Waals surface area contributed by atoms with Gasteiger partial charge in [0.1, 0.15) is 0 Å². The third-order valence-corrected chi connectivity index (χ3v) is 2.92. The lowest BCUT2D eigenvalue weighted by molar-refractivity contribution is -0.116. The van der Waals surface area contributed by atoms with Crippen molar-refractivity contribution in [2.75, 3.05) is 5.32 Å². The molecule has 4 nitrogen and oxygen atoms in total. The van der Waals surface area contributed by atoms with Gasteiger partial charge in [0.05, 0.1) is 5.56 Å². The van der Waals surface area contributed by atoms with Gasteiger partial charge >= 0.3 is 5.97 Å². The predicted molar refractivity (Wildman–Crippen MR) is 64.1 cm³/mol. The topological polar surface area (TPSA) is 66.4 Å². The third kappa shape index (κ3) is 3.06. The van der Waals surface area contributed by atoms with Crippen LogP contribution in [0.15, 0.2) is 18.2 Å². The summed E-state index contributed by atoms with van der Waals surface area (Å²) in [6, 6.07) is 4.71. The SMILES string of the molecule is Cc1cc(C(=O)O)ccc1NC(=O)CC1CC1. The van der Waals surface area contributed by atoms with Gasteiger partial charge in [-0.05, 0) is 49.4 Å². The number of nitrogens with one attached hydrogen (secondary N) is 1. The largest absolute Gasteiger partial charge is 0.478 e. The molecule has 0 unspecified atom stereocenters. The van der Waals surface area contributed by atoms with Crippen LogP contribution in [0.25, 0.3) is 0 Å². The molecule has 2 N–H and O–H groups in total. The van der Waals surface area contributed by atoms with E-state index in [1.165, 1.54) is 6.07 Å². The summed E-state index contributed by atoms with van der Waals surface area (Å²) >= 11 is 0. The van der Waals surface area contributed by atoms with Crippen molar-refractivity contribution >= 4 is 17.6 Å². The van der Waals surface area contributed by atoms with Crippen molar-refractivity contribution in [3.63, 3.8) is 0 Å². The minimum atomic E-state index is -0.955. The lowest BCUT2D eigenvalue weighted by atomic mass is 10.1. The molecule has 1 saturated carbocycles. The highest BCUT2D eigenvalue weighted by atomic mass is 16.4. The summed E-state index contributed by atoms with van der Waals surface area (Å²) in [5, 5.41) is 11.6. The van der Waals surface area contributed by atoms with Crippen LogP contribution in [0.2, 0.25) is 0 Å². The quantitative estimate of drug-likeness (QED) is 0.839. The summed E-state index contributed by atoms with van der Waals surface area (Å²) in [6.07, 6.45) is 2.86. The number of carbonyl (C=O) groups excluding carboxylic acids is 1. The smallest absolute Gasteiger partial charge is 0.335 e. The monoisotopic (exact) mass is 233 g/mol. The summed E-state index contributed by atoms with van der Waals surface area (Å²) < 4.78 is 0. The standard InChI is InChI=1S/C13H15NO3/c1-8-6-10(13(16)17)4-5-11(8)14-12(15)7-9-2-3-9/h4-6,9H,2-3,7H2,1H3,(H,14,15)(H,16,17). The minimum Gasteiger partial charge on any atom is -0.478 e. The van der Waals surface area contributed by atoms with Crippen LogP contribution in [0.5, 0.6) is 0 Å². The van der Waals surface area contributed by atoms with E-state index in [0.717, 1.165) is 18.4 Å². The van der Waals surface area contributed by atoms with Crippen LogP contribution in [0.4, 0.5) is 5.69 Å². The van der Waals surface area contributed by atoms with Gasteiger partial charge in [-0.25, -0.2) is 4.79 Å². The number of benzene rings is 1. The lowest BCUT2D eigenvalue weighted by Crippen LogP contribution is -2.13. The molecule has 2 rings (SSSR count). The van der Waals surface area contributed by atoms with Crippen LogP contribution in [0.1, 0.15) is 35.2 Å².